The van der Waals surface area contributed by atoms with Gasteiger partial charge in [-0.2, -0.15) is 0 Å². The number of hydrogen-bond donors (Lipinski definition) is 2. The van der Waals surface area contributed by atoms with Gasteiger partial charge >= 0.3 is 5.97 Å². The molecule has 5 nitrogen and oxygen atoms in total. The van der Waals surface area contributed by atoms with Gasteiger partial charge in [0.1, 0.15) is 0 Å². The summed E-state index contributed by atoms with van der Waals surface area (Å²) in [7, 11) is -3.40. The lowest BCUT2D eigenvalue weighted by molar-refractivity contribution is -0.138. The molecule has 2 N–H and O–H groups in total. The zero-order valence-electron chi connectivity index (χ0n) is 8.97. The highest BCUT2D eigenvalue weighted by Crippen LogP contribution is 2.24. The number of aliphatic carboxylic acids is 1. The second-order valence-corrected chi connectivity index (χ2v) is 5.27. The first-order chi connectivity index (χ1) is 7.31. The molecule has 1 atom stereocenters. The number of hydrogen-bond acceptors (Lipinski definition) is 3. The fourth-order valence-electron chi connectivity index (χ4n) is 1.30. The van der Waals surface area contributed by atoms with E-state index in [2.05, 4.69) is 4.72 Å². The van der Waals surface area contributed by atoms with Crippen molar-refractivity contribution in [2.45, 2.75) is 12.8 Å². The highest BCUT2D eigenvalue weighted by atomic mass is 32.2. The molecule has 88 valence electrons. The summed E-state index contributed by atoms with van der Waals surface area (Å²) in [4.78, 5) is 10.8. The van der Waals surface area contributed by atoms with Crippen molar-refractivity contribution in [2.75, 3.05) is 11.0 Å². The summed E-state index contributed by atoms with van der Waals surface area (Å²) in [5.41, 5.74) is 0.750. The SMILES string of the molecule is C[C@H](C(=O)O)c1ccccc1NS(C)(=O)=O. The van der Waals surface area contributed by atoms with Crippen LogP contribution in [0, 0.1) is 0 Å². The smallest absolute Gasteiger partial charge is 0.310 e. The van der Waals surface area contributed by atoms with Crippen LogP contribution in [0.3, 0.4) is 0 Å². The van der Waals surface area contributed by atoms with Gasteiger partial charge in [0.2, 0.25) is 10.0 Å². The number of rotatable bonds is 4. The zero-order valence-corrected chi connectivity index (χ0v) is 9.78. The number of sulfonamides is 1. The van der Waals surface area contributed by atoms with E-state index >= 15 is 0 Å². The molecule has 0 aliphatic carbocycles. The summed E-state index contributed by atoms with van der Waals surface area (Å²) in [6.45, 7) is 1.51. The molecule has 6 heteroatoms. The lowest BCUT2D eigenvalue weighted by Gasteiger charge is -2.13. The molecular formula is C10H13NO4S. The van der Waals surface area contributed by atoms with E-state index in [0.29, 0.717) is 11.3 Å². The number of para-hydroxylation sites is 1. The summed E-state index contributed by atoms with van der Waals surface area (Å²) in [5.74, 6) is -1.76. The Morgan fingerprint density at radius 2 is 1.94 bits per heavy atom. The predicted octanol–water partition coefficient (Wildman–Crippen LogP) is 1.25. The minimum absolute atomic E-state index is 0.305. The van der Waals surface area contributed by atoms with Crippen molar-refractivity contribution in [3.05, 3.63) is 29.8 Å². The zero-order chi connectivity index (χ0) is 12.3. The number of carboxylic acid groups (broad SMARTS) is 1. The van der Waals surface area contributed by atoms with Crippen molar-refractivity contribution in [3.63, 3.8) is 0 Å². The maximum atomic E-state index is 11.1. The van der Waals surface area contributed by atoms with Crippen LogP contribution in [-0.2, 0) is 14.8 Å². The van der Waals surface area contributed by atoms with Gasteiger partial charge in [-0.1, -0.05) is 18.2 Å². The van der Waals surface area contributed by atoms with Gasteiger partial charge in [0.25, 0.3) is 0 Å². The fraction of sp³-hybridized carbons (Fsp3) is 0.300. The summed E-state index contributed by atoms with van der Waals surface area (Å²) < 4.78 is 24.5. The average Bonchev–Trinajstić information content (AvgIpc) is 2.15. The third kappa shape index (κ3) is 3.23. The van der Waals surface area contributed by atoms with Gasteiger partial charge in [-0.15, -0.1) is 0 Å². The van der Waals surface area contributed by atoms with E-state index in [9.17, 15) is 13.2 Å². The summed E-state index contributed by atoms with van der Waals surface area (Å²) in [5, 5.41) is 8.88. The molecular weight excluding hydrogens is 230 g/mol. The second-order valence-electron chi connectivity index (χ2n) is 3.52. The van der Waals surface area contributed by atoms with E-state index in [1.54, 1.807) is 18.2 Å². The van der Waals surface area contributed by atoms with Crippen LogP contribution in [0.25, 0.3) is 0 Å². The lowest BCUT2D eigenvalue weighted by atomic mass is 10.00. The summed E-state index contributed by atoms with van der Waals surface area (Å²) >= 11 is 0. The van der Waals surface area contributed by atoms with Crippen molar-refractivity contribution >= 4 is 21.7 Å². The van der Waals surface area contributed by atoms with Crippen molar-refractivity contribution in [1.29, 1.82) is 0 Å². The normalized spacial score (nSPS) is 13.1. The first-order valence-corrected chi connectivity index (χ1v) is 6.50. The summed E-state index contributed by atoms with van der Waals surface area (Å²) in [6, 6.07) is 6.44. The standard InChI is InChI=1S/C10H13NO4S/c1-7(10(12)13)8-5-3-4-6-9(8)11-16(2,14)15/h3-7,11H,1-2H3,(H,12,13)/t7-/m0/s1. The molecule has 0 fully saturated rings. The molecule has 0 saturated heterocycles. The van der Waals surface area contributed by atoms with Crippen LogP contribution >= 0.6 is 0 Å². The number of nitrogens with one attached hydrogen (secondary N) is 1. The molecule has 0 bridgehead atoms. The highest BCUT2D eigenvalue weighted by Gasteiger charge is 2.18. The second kappa shape index (κ2) is 4.52. The van der Waals surface area contributed by atoms with Gasteiger partial charge in [-0.3, -0.25) is 9.52 Å². The van der Waals surface area contributed by atoms with E-state index in [4.69, 9.17) is 5.11 Å². The molecule has 0 aliphatic rings. The Hall–Kier alpha value is -1.56. The van der Waals surface area contributed by atoms with E-state index in [0.717, 1.165) is 6.26 Å². The minimum Gasteiger partial charge on any atom is -0.481 e. The highest BCUT2D eigenvalue weighted by molar-refractivity contribution is 7.92. The van der Waals surface area contributed by atoms with Crippen molar-refractivity contribution in [2.24, 2.45) is 0 Å². The van der Waals surface area contributed by atoms with Gasteiger partial charge in [0, 0.05) is 0 Å². The van der Waals surface area contributed by atoms with Crippen LogP contribution in [0.1, 0.15) is 18.4 Å². The van der Waals surface area contributed by atoms with Crippen LogP contribution in [0.15, 0.2) is 24.3 Å². The molecule has 1 aromatic rings. The fourth-order valence-corrected chi connectivity index (χ4v) is 1.89. The third-order valence-corrected chi connectivity index (χ3v) is 2.68. The van der Waals surface area contributed by atoms with E-state index in [-0.39, 0.29) is 0 Å². The maximum Gasteiger partial charge on any atom is 0.310 e. The number of carbonyl (C=O) groups is 1. The average molecular weight is 243 g/mol. The Morgan fingerprint density at radius 1 is 1.38 bits per heavy atom. The molecule has 0 saturated carbocycles. The Balaban J connectivity index is 3.15. The molecule has 16 heavy (non-hydrogen) atoms. The van der Waals surface area contributed by atoms with E-state index in [1.807, 2.05) is 0 Å². The Kier molecular flexibility index (Phi) is 3.54. The summed E-state index contributed by atoms with van der Waals surface area (Å²) in [6.07, 6.45) is 1.02. The molecule has 0 radical (unpaired) electrons. The monoisotopic (exact) mass is 243 g/mol. The van der Waals surface area contributed by atoms with E-state index < -0.39 is 21.9 Å². The minimum atomic E-state index is -3.40. The van der Waals surface area contributed by atoms with Crippen LogP contribution < -0.4 is 4.72 Å². The topological polar surface area (TPSA) is 83.5 Å². The molecule has 0 heterocycles. The molecule has 1 aromatic carbocycles. The molecule has 0 spiro atoms. The van der Waals surface area contributed by atoms with Crippen LogP contribution in [0.5, 0.6) is 0 Å². The van der Waals surface area contributed by atoms with Crippen LogP contribution in [0.2, 0.25) is 0 Å². The molecule has 0 unspecified atom stereocenters. The van der Waals surface area contributed by atoms with Gasteiger partial charge in [-0.25, -0.2) is 8.42 Å². The Bertz CT molecular complexity index is 495. The predicted molar refractivity (Wildman–Crippen MR) is 61.0 cm³/mol. The molecule has 1 rings (SSSR count). The van der Waals surface area contributed by atoms with Crippen LogP contribution in [-0.4, -0.2) is 25.7 Å². The Labute approximate surface area is 94.2 Å². The maximum absolute atomic E-state index is 11.1. The number of anilines is 1. The Morgan fingerprint density at radius 3 is 2.44 bits per heavy atom. The first-order valence-electron chi connectivity index (χ1n) is 4.61. The van der Waals surface area contributed by atoms with Gasteiger partial charge < -0.3 is 5.11 Å². The van der Waals surface area contributed by atoms with Crippen LogP contribution in [0.4, 0.5) is 5.69 Å². The lowest BCUT2D eigenvalue weighted by Crippen LogP contribution is -2.14. The largest absolute Gasteiger partial charge is 0.481 e. The molecule has 0 amide bonds. The van der Waals surface area contributed by atoms with E-state index in [1.165, 1.54) is 13.0 Å². The molecule has 0 aliphatic heterocycles. The van der Waals surface area contributed by atoms with Crippen molar-refractivity contribution in [1.82, 2.24) is 0 Å². The van der Waals surface area contributed by atoms with Gasteiger partial charge in [-0.05, 0) is 18.6 Å². The number of carboxylic acids is 1. The third-order valence-electron chi connectivity index (χ3n) is 2.09. The van der Waals surface area contributed by atoms with Gasteiger partial charge in [0.15, 0.2) is 0 Å². The quantitative estimate of drug-likeness (QED) is 0.833. The first kappa shape index (κ1) is 12.5. The molecule has 0 aromatic heterocycles. The van der Waals surface area contributed by atoms with Gasteiger partial charge in [0.05, 0.1) is 17.9 Å². The van der Waals surface area contributed by atoms with Crippen molar-refractivity contribution in [3.8, 4) is 0 Å². The van der Waals surface area contributed by atoms with Crippen molar-refractivity contribution < 1.29 is 18.3 Å². The number of benzene rings is 1.